The van der Waals surface area contributed by atoms with E-state index in [9.17, 15) is 0 Å². The summed E-state index contributed by atoms with van der Waals surface area (Å²) in [5, 5.41) is 7.08. The van der Waals surface area contributed by atoms with Gasteiger partial charge in [-0.15, -0.1) is 0 Å². The van der Waals surface area contributed by atoms with Crippen LogP contribution in [0.4, 0.5) is 27.4 Å². The lowest BCUT2D eigenvalue weighted by atomic mass is 9.98. The topological polar surface area (TPSA) is 101 Å². The van der Waals surface area contributed by atoms with Gasteiger partial charge >= 0.3 is 0 Å². The molecule has 9 heteroatoms. The Balaban J connectivity index is 1.38. The van der Waals surface area contributed by atoms with Gasteiger partial charge in [0.1, 0.15) is 12.3 Å². The smallest absolute Gasteiger partial charge is 0.237 e. The second-order valence-electron chi connectivity index (χ2n) is 9.48. The third kappa shape index (κ3) is 3.95. The molecule has 2 aromatic heterocycles. The van der Waals surface area contributed by atoms with Crippen molar-refractivity contribution in [1.82, 2.24) is 19.9 Å². The van der Waals surface area contributed by atoms with Crippen LogP contribution in [-0.2, 0) is 13.0 Å². The number of halogens is 1. The summed E-state index contributed by atoms with van der Waals surface area (Å²) in [4.78, 5) is 15.8. The monoisotopic (exact) mass is 485 g/mol. The van der Waals surface area contributed by atoms with Gasteiger partial charge in [0.05, 0.1) is 11.2 Å². The van der Waals surface area contributed by atoms with Gasteiger partial charge in [-0.2, -0.15) is 0 Å². The van der Waals surface area contributed by atoms with Crippen LogP contribution in [0, 0.1) is 12.7 Å². The van der Waals surface area contributed by atoms with Gasteiger partial charge in [0.2, 0.25) is 11.8 Å². The molecule has 8 nitrogen and oxygen atoms in total. The molecular formula is C27H28FN7O. The summed E-state index contributed by atoms with van der Waals surface area (Å²) in [6, 6.07) is 8.10. The maximum Gasteiger partial charge on any atom is 0.237 e. The Bertz CT molecular complexity index is 1490. The Labute approximate surface area is 208 Å². The van der Waals surface area contributed by atoms with Crippen LogP contribution >= 0.6 is 0 Å². The minimum atomic E-state index is -0.511. The predicted molar refractivity (Wildman–Crippen MR) is 140 cm³/mol. The standard InChI is InChI=1S/C27H28FN7O/c1-15-20(12-31-26-25(15)30-7-9-36-26)19-11-22-21(24(29)23(19)28)13-32-27(34-22)33-18-6-5-16-4-3-8-35(2)14-17(16)10-18/h5-6,10-13,30H,3-4,7-9,14,29H2,1-2H3,(H,32,33,34). The van der Waals surface area contributed by atoms with Gasteiger partial charge in [-0.25, -0.2) is 19.3 Å². The first kappa shape index (κ1) is 22.5. The van der Waals surface area contributed by atoms with Crippen LogP contribution in [0.15, 0.2) is 36.7 Å². The van der Waals surface area contributed by atoms with E-state index in [0.717, 1.165) is 42.9 Å². The number of pyridine rings is 1. The predicted octanol–water partition coefficient (Wildman–Crippen LogP) is 4.65. The summed E-state index contributed by atoms with van der Waals surface area (Å²) in [6.45, 7) is 5.14. The summed E-state index contributed by atoms with van der Waals surface area (Å²) in [7, 11) is 2.14. The number of nitrogens with one attached hydrogen (secondary N) is 2. The highest BCUT2D eigenvalue weighted by atomic mass is 19.1. The number of benzene rings is 2. The summed E-state index contributed by atoms with van der Waals surface area (Å²) < 4.78 is 21.0. The maximum atomic E-state index is 15.4. The normalized spacial score (nSPS) is 15.4. The van der Waals surface area contributed by atoms with Gasteiger partial charge in [0, 0.05) is 47.7 Å². The third-order valence-corrected chi connectivity index (χ3v) is 6.99. The van der Waals surface area contributed by atoms with Gasteiger partial charge in [0.15, 0.2) is 5.82 Å². The van der Waals surface area contributed by atoms with E-state index in [4.69, 9.17) is 10.5 Å². The number of aromatic nitrogens is 3. The Hall–Kier alpha value is -3.98. The first-order valence-electron chi connectivity index (χ1n) is 12.2. The molecule has 0 aliphatic carbocycles. The number of nitrogens with zero attached hydrogens (tertiary/aromatic N) is 4. The molecule has 36 heavy (non-hydrogen) atoms. The van der Waals surface area contributed by atoms with Crippen molar-refractivity contribution >= 4 is 33.9 Å². The number of fused-ring (bicyclic) bond motifs is 3. The molecule has 6 rings (SSSR count). The fourth-order valence-electron chi connectivity index (χ4n) is 5.06. The van der Waals surface area contributed by atoms with Crippen LogP contribution in [-0.4, -0.2) is 46.6 Å². The lowest BCUT2D eigenvalue weighted by Gasteiger charge is -2.22. The first-order chi connectivity index (χ1) is 17.5. The minimum absolute atomic E-state index is 0.0171. The molecular weight excluding hydrogens is 457 g/mol. The van der Waals surface area contributed by atoms with Crippen molar-refractivity contribution in [2.45, 2.75) is 26.3 Å². The molecule has 0 atom stereocenters. The number of rotatable bonds is 3. The van der Waals surface area contributed by atoms with Gasteiger partial charge in [-0.3, -0.25) is 0 Å². The Morgan fingerprint density at radius 2 is 2.03 bits per heavy atom. The second-order valence-corrected chi connectivity index (χ2v) is 9.48. The van der Waals surface area contributed by atoms with Gasteiger partial charge < -0.3 is 26.0 Å². The number of ether oxygens (including phenoxy) is 1. The molecule has 0 spiro atoms. The average Bonchev–Trinajstić information content (AvgIpc) is 3.07. The fraction of sp³-hybridized carbons (Fsp3) is 0.296. The van der Waals surface area contributed by atoms with Crippen molar-refractivity contribution in [3.63, 3.8) is 0 Å². The minimum Gasteiger partial charge on any atom is -0.474 e. The SMILES string of the molecule is Cc1c(-c2cc3nc(Nc4ccc5c(c4)CN(C)CCC5)ncc3c(N)c2F)cnc2c1NCCO2. The van der Waals surface area contributed by atoms with Crippen molar-refractivity contribution in [2.75, 3.05) is 43.1 Å². The van der Waals surface area contributed by atoms with Crippen molar-refractivity contribution in [3.05, 3.63) is 59.2 Å². The largest absolute Gasteiger partial charge is 0.474 e. The van der Waals surface area contributed by atoms with Crippen molar-refractivity contribution in [1.29, 1.82) is 0 Å². The molecule has 0 fully saturated rings. The lowest BCUT2D eigenvalue weighted by Crippen LogP contribution is -2.20. The molecule has 0 saturated carbocycles. The van der Waals surface area contributed by atoms with Crippen LogP contribution < -0.4 is 21.1 Å². The lowest BCUT2D eigenvalue weighted by molar-refractivity contribution is 0.310. The van der Waals surface area contributed by atoms with Crippen molar-refractivity contribution in [3.8, 4) is 17.0 Å². The van der Waals surface area contributed by atoms with Gasteiger partial charge in [0.25, 0.3) is 0 Å². The van der Waals surface area contributed by atoms with Gasteiger partial charge in [-0.1, -0.05) is 6.07 Å². The van der Waals surface area contributed by atoms with Crippen LogP contribution in [0.2, 0.25) is 0 Å². The zero-order chi connectivity index (χ0) is 24.8. The van der Waals surface area contributed by atoms with E-state index >= 15 is 4.39 Å². The van der Waals surface area contributed by atoms with E-state index in [2.05, 4.69) is 55.7 Å². The van der Waals surface area contributed by atoms with Crippen molar-refractivity contribution in [2.24, 2.45) is 0 Å². The van der Waals surface area contributed by atoms with Crippen LogP contribution in [0.1, 0.15) is 23.1 Å². The zero-order valence-electron chi connectivity index (χ0n) is 20.4. The summed E-state index contributed by atoms with van der Waals surface area (Å²) >= 11 is 0. The van der Waals surface area contributed by atoms with E-state index in [-0.39, 0.29) is 5.69 Å². The highest BCUT2D eigenvalue weighted by molar-refractivity contribution is 5.96. The number of anilines is 4. The Morgan fingerprint density at radius 3 is 2.92 bits per heavy atom. The van der Waals surface area contributed by atoms with Crippen LogP contribution in [0.5, 0.6) is 5.88 Å². The Kier molecular flexibility index (Phi) is 5.56. The van der Waals surface area contributed by atoms with Gasteiger partial charge in [-0.05, 0) is 68.2 Å². The van der Waals surface area contributed by atoms with Crippen LogP contribution in [0.3, 0.4) is 0 Å². The molecule has 4 aromatic rings. The molecule has 184 valence electrons. The molecule has 4 N–H and O–H groups in total. The zero-order valence-corrected chi connectivity index (χ0v) is 20.4. The van der Waals surface area contributed by atoms with E-state index < -0.39 is 5.82 Å². The molecule has 0 amide bonds. The highest BCUT2D eigenvalue weighted by Crippen LogP contribution is 2.39. The quantitative estimate of drug-likeness (QED) is 0.361. The molecule has 0 bridgehead atoms. The number of hydrogen-bond acceptors (Lipinski definition) is 8. The number of nitrogen functional groups attached to an aromatic ring is 1. The second kappa shape index (κ2) is 8.91. The molecule has 0 unspecified atom stereocenters. The Morgan fingerprint density at radius 1 is 1.14 bits per heavy atom. The van der Waals surface area contributed by atoms with Crippen molar-refractivity contribution < 1.29 is 9.13 Å². The molecule has 4 heterocycles. The highest BCUT2D eigenvalue weighted by Gasteiger charge is 2.21. The fourth-order valence-corrected chi connectivity index (χ4v) is 5.06. The number of nitrogens with two attached hydrogens (primary N) is 1. The van der Waals surface area contributed by atoms with E-state index in [0.29, 0.717) is 47.0 Å². The molecule has 0 saturated heterocycles. The number of hydrogen-bond donors (Lipinski definition) is 3. The van der Waals surface area contributed by atoms with E-state index in [1.165, 1.54) is 11.1 Å². The molecule has 0 radical (unpaired) electrons. The third-order valence-electron chi connectivity index (χ3n) is 6.99. The molecule has 2 aromatic carbocycles. The number of aryl methyl sites for hydroxylation is 1. The maximum absolute atomic E-state index is 15.4. The van der Waals surface area contributed by atoms with Crippen LogP contribution in [0.25, 0.3) is 22.0 Å². The summed E-state index contributed by atoms with van der Waals surface area (Å²) in [6.07, 6.45) is 5.43. The van der Waals surface area contributed by atoms with E-state index in [1.807, 2.05) is 6.92 Å². The summed E-state index contributed by atoms with van der Waals surface area (Å²) in [5.74, 6) is 0.442. The summed E-state index contributed by atoms with van der Waals surface area (Å²) in [5.41, 5.74) is 13.0. The van der Waals surface area contributed by atoms with E-state index in [1.54, 1.807) is 18.5 Å². The average molecular weight is 486 g/mol. The first-order valence-corrected chi connectivity index (χ1v) is 12.2. The molecule has 2 aliphatic heterocycles. The molecule has 2 aliphatic rings.